The van der Waals surface area contributed by atoms with Gasteiger partial charge in [0.15, 0.2) is 5.82 Å². The van der Waals surface area contributed by atoms with Gasteiger partial charge in [-0.25, -0.2) is 4.68 Å². The van der Waals surface area contributed by atoms with Gasteiger partial charge in [-0.1, -0.05) is 59.9 Å². The predicted molar refractivity (Wildman–Crippen MR) is 137 cm³/mol. The molecule has 170 valence electrons. The van der Waals surface area contributed by atoms with E-state index in [0.717, 1.165) is 33.8 Å². The highest BCUT2D eigenvalue weighted by Crippen LogP contribution is 2.25. The van der Waals surface area contributed by atoms with Crippen molar-refractivity contribution in [3.05, 3.63) is 112 Å². The summed E-state index contributed by atoms with van der Waals surface area (Å²) in [6.45, 7) is 0. The quantitative estimate of drug-likeness (QED) is 0.372. The second kappa shape index (κ2) is 8.66. The van der Waals surface area contributed by atoms with Gasteiger partial charge in [0.2, 0.25) is 4.96 Å². The lowest BCUT2D eigenvalue weighted by Crippen LogP contribution is -2.23. The van der Waals surface area contributed by atoms with Crippen LogP contribution in [0.15, 0.2) is 95.9 Å². The molecule has 0 unspecified atom stereocenters. The van der Waals surface area contributed by atoms with Crippen molar-refractivity contribution in [3.8, 4) is 34.1 Å². The Balaban J connectivity index is 1.46. The second-order valence-corrected chi connectivity index (χ2v) is 8.86. The Morgan fingerprint density at radius 1 is 0.857 bits per heavy atom. The van der Waals surface area contributed by atoms with Gasteiger partial charge >= 0.3 is 0 Å². The van der Waals surface area contributed by atoms with Gasteiger partial charge < -0.3 is 4.74 Å². The van der Waals surface area contributed by atoms with Crippen molar-refractivity contribution in [2.75, 3.05) is 7.11 Å². The summed E-state index contributed by atoms with van der Waals surface area (Å²) in [7, 11) is 1.62. The van der Waals surface area contributed by atoms with Gasteiger partial charge in [-0.15, -0.1) is 5.10 Å². The molecule has 35 heavy (non-hydrogen) atoms. The van der Waals surface area contributed by atoms with E-state index in [1.165, 1.54) is 15.9 Å². The molecule has 0 bridgehead atoms. The summed E-state index contributed by atoms with van der Waals surface area (Å²) in [4.78, 5) is 18.3. The smallest absolute Gasteiger partial charge is 0.291 e. The van der Waals surface area contributed by atoms with E-state index in [-0.39, 0.29) is 5.56 Å². The first-order chi connectivity index (χ1) is 17.2. The standard InChI is InChI=1S/C27H19N5O2S/c1-34-22-14-12-19(13-15-22)25-28-27-32(30-25)26(33)23(35-27)16-20-17-31(21-10-6-3-7-11-21)29-24(20)18-8-4-2-5-9-18/h2-17H,1H3. The fraction of sp³-hybridized carbons (Fsp3) is 0.0370. The third-order valence-electron chi connectivity index (χ3n) is 5.63. The highest BCUT2D eigenvalue weighted by Gasteiger charge is 2.15. The van der Waals surface area contributed by atoms with Crippen LogP contribution in [0.1, 0.15) is 5.56 Å². The SMILES string of the molecule is COc1ccc(-c2nc3sc(=Cc4cn(-c5ccccc5)nc4-c4ccccc4)c(=O)n3n2)cc1. The first-order valence-corrected chi connectivity index (χ1v) is 11.8. The zero-order chi connectivity index (χ0) is 23.8. The lowest BCUT2D eigenvalue weighted by molar-refractivity contribution is 0.415. The van der Waals surface area contributed by atoms with Gasteiger partial charge in [-0.2, -0.15) is 14.6 Å². The van der Waals surface area contributed by atoms with Gasteiger partial charge in [0.25, 0.3) is 5.56 Å². The molecule has 3 aromatic heterocycles. The van der Waals surface area contributed by atoms with Crippen molar-refractivity contribution in [2.45, 2.75) is 0 Å². The van der Waals surface area contributed by atoms with Crippen molar-refractivity contribution < 1.29 is 4.74 Å². The van der Waals surface area contributed by atoms with Crippen LogP contribution in [0.25, 0.3) is 39.4 Å². The lowest BCUT2D eigenvalue weighted by atomic mass is 10.1. The average molecular weight is 478 g/mol. The van der Waals surface area contributed by atoms with Crippen LogP contribution < -0.4 is 14.8 Å². The summed E-state index contributed by atoms with van der Waals surface area (Å²) in [5.41, 5.74) is 4.18. The maximum absolute atomic E-state index is 13.2. The molecule has 0 saturated carbocycles. The number of ether oxygens (including phenoxy) is 1. The number of hydrogen-bond donors (Lipinski definition) is 0. The van der Waals surface area contributed by atoms with Crippen molar-refractivity contribution >= 4 is 22.4 Å². The summed E-state index contributed by atoms with van der Waals surface area (Å²) in [6.07, 6.45) is 3.81. The first-order valence-electron chi connectivity index (χ1n) is 11.0. The third kappa shape index (κ3) is 3.89. The molecule has 0 amide bonds. The van der Waals surface area contributed by atoms with Gasteiger partial charge in [0, 0.05) is 22.9 Å². The number of methoxy groups -OCH3 is 1. The molecule has 0 aliphatic carbocycles. The normalized spacial score (nSPS) is 11.9. The highest BCUT2D eigenvalue weighted by atomic mass is 32.1. The summed E-state index contributed by atoms with van der Waals surface area (Å²) >= 11 is 1.31. The number of aromatic nitrogens is 5. The molecule has 0 fully saturated rings. The lowest BCUT2D eigenvalue weighted by Gasteiger charge is -2.00. The van der Waals surface area contributed by atoms with Crippen molar-refractivity contribution in [1.29, 1.82) is 0 Å². The zero-order valence-corrected chi connectivity index (χ0v) is 19.5. The van der Waals surface area contributed by atoms with Crippen molar-refractivity contribution in [2.24, 2.45) is 0 Å². The molecule has 0 radical (unpaired) electrons. The van der Waals surface area contributed by atoms with Gasteiger partial charge in [0.05, 0.1) is 23.0 Å². The van der Waals surface area contributed by atoms with Gasteiger partial charge in [-0.05, 0) is 42.5 Å². The molecule has 3 heterocycles. The highest BCUT2D eigenvalue weighted by molar-refractivity contribution is 7.15. The summed E-state index contributed by atoms with van der Waals surface area (Å²) in [5, 5.41) is 9.28. The maximum atomic E-state index is 13.2. The fourth-order valence-corrected chi connectivity index (χ4v) is 4.76. The number of para-hydroxylation sites is 1. The van der Waals surface area contributed by atoms with E-state index < -0.39 is 0 Å². The molecule has 7 nitrogen and oxygen atoms in total. The molecule has 0 aliphatic heterocycles. The number of hydrogen-bond acceptors (Lipinski definition) is 6. The fourth-order valence-electron chi connectivity index (χ4n) is 3.86. The van der Waals surface area contributed by atoms with E-state index in [1.807, 2.05) is 102 Å². The number of nitrogens with zero attached hydrogens (tertiary/aromatic N) is 5. The number of rotatable bonds is 5. The molecule has 6 rings (SSSR count). The third-order valence-corrected chi connectivity index (χ3v) is 6.59. The Morgan fingerprint density at radius 2 is 1.57 bits per heavy atom. The number of fused-ring (bicyclic) bond motifs is 1. The van der Waals surface area contributed by atoms with E-state index in [1.54, 1.807) is 7.11 Å². The topological polar surface area (TPSA) is 74.3 Å². The van der Waals surface area contributed by atoms with Crippen LogP contribution in [0.4, 0.5) is 0 Å². The van der Waals surface area contributed by atoms with Crippen LogP contribution in [0.3, 0.4) is 0 Å². The van der Waals surface area contributed by atoms with E-state index in [9.17, 15) is 4.79 Å². The minimum absolute atomic E-state index is 0.205. The van der Waals surface area contributed by atoms with Gasteiger partial charge in [0.1, 0.15) is 5.75 Å². The molecule has 3 aromatic carbocycles. The monoisotopic (exact) mass is 477 g/mol. The largest absolute Gasteiger partial charge is 0.497 e. The van der Waals surface area contributed by atoms with Crippen LogP contribution in [0.2, 0.25) is 0 Å². The summed E-state index contributed by atoms with van der Waals surface area (Å²) < 4.78 is 8.95. The minimum Gasteiger partial charge on any atom is -0.497 e. The average Bonchev–Trinajstić information content (AvgIpc) is 3.60. The number of thiazole rings is 1. The van der Waals surface area contributed by atoms with Crippen molar-refractivity contribution in [1.82, 2.24) is 24.4 Å². The number of benzene rings is 3. The predicted octanol–water partition coefficient (Wildman–Crippen LogP) is 4.23. The Labute approximate surface area is 204 Å². The van der Waals surface area contributed by atoms with Gasteiger partial charge in [-0.3, -0.25) is 4.79 Å². The summed E-state index contributed by atoms with van der Waals surface area (Å²) in [6, 6.07) is 27.3. The van der Waals surface area contributed by atoms with Crippen molar-refractivity contribution in [3.63, 3.8) is 0 Å². The molecule has 0 spiro atoms. The molecule has 6 aromatic rings. The first kappa shape index (κ1) is 21.0. The summed E-state index contributed by atoms with van der Waals surface area (Å²) in [5.74, 6) is 1.26. The molecule has 0 N–H and O–H groups in total. The molecule has 0 aliphatic rings. The maximum Gasteiger partial charge on any atom is 0.291 e. The molecule has 0 atom stereocenters. The Kier molecular flexibility index (Phi) is 5.20. The van der Waals surface area contributed by atoms with Crippen LogP contribution in [-0.2, 0) is 0 Å². The Bertz CT molecular complexity index is 1740. The van der Waals surface area contributed by atoms with Crippen LogP contribution in [-0.4, -0.2) is 31.5 Å². The van der Waals surface area contributed by atoms with E-state index in [2.05, 4.69) is 10.1 Å². The Morgan fingerprint density at radius 3 is 2.26 bits per heavy atom. The molecule has 8 heteroatoms. The molecule has 0 saturated heterocycles. The van der Waals surface area contributed by atoms with E-state index in [4.69, 9.17) is 9.84 Å². The molecular formula is C27H19N5O2S. The minimum atomic E-state index is -0.205. The van der Waals surface area contributed by atoms with Crippen LogP contribution in [0, 0.1) is 0 Å². The van der Waals surface area contributed by atoms with Crippen LogP contribution >= 0.6 is 11.3 Å². The Hall–Kier alpha value is -4.56. The van der Waals surface area contributed by atoms with E-state index in [0.29, 0.717) is 15.3 Å². The molecular weight excluding hydrogens is 458 g/mol. The van der Waals surface area contributed by atoms with Crippen LogP contribution in [0.5, 0.6) is 5.75 Å². The second-order valence-electron chi connectivity index (χ2n) is 7.85. The zero-order valence-electron chi connectivity index (χ0n) is 18.7. The van der Waals surface area contributed by atoms with E-state index >= 15 is 0 Å².